The summed E-state index contributed by atoms with van der Waals surface area (Å²) in [6.07, 6.45) is 1.94. The van der Waals surface area contributed by atoms with Crippen LogP contribution in [0.15, 0.2) is 4.40 Å². The molecule has 4 heteroatoms. The molecule has 0 aromatic rings. The maximum Gasteiger partial charge on any atom is 0.141 e. The summed E-state index contributed by atoms with van der Waals surface area (Å²) in [6.45, 7) is 5.64. The molecule has 0 aromatic carbocycles. The predicted molar refractivity (Wildman–Crippen MR) is 54.2 cm³/mol. The van der Waals surface area contributed by atoms with E-state index in [1.54, 1.807) is 0 Å². The summed E-state index contributed by atoms with van der Waals surface area (Å²) in [7, 11) is -1.10. The number of nitrogens with zero attached hydrogens (tertiary/aromatic N) is 1. The first-order chi connectivity index (χ1) is 5.46. The van der Waals surface area contributed by atoms with Crippen molar-refractivity contribution in [3.63, 3.8) is 0 Å². The molecule has 2 nitrogen and oxygen atoms in total. The molecule has 1 aliphatic carbocycles. The van der Waals surface area contributed by atoms with Crippen molar-refractivity contribution >= 4 is 28.3 Å². The fraction of sp³-hybridized carbons (Fsp3) is 0.875. The molecule has 0 radical (unpaired) electrons. The highest BCUT2D eigenvalue weighted by molar-refractivity contribution is 7.84. The summed E-state index contributed by atoms with van der Waals surface area (Å²) in [5.74, 6) is 0. The lowest BCUT2D eigenvalue weighted by atomic mass is 10.3. The molecule has 70 valence electrons. The van der Waals surface area contributed by atoms with Gasteiger partial charge < -0.3 is 0 Å². The van der Waals surface area contributed by atoms with E-state index in [-0.39, 0.29) is 10.1 Å². The van der Waals surface area contributed by atoms with Crippen LogP contribution in [0.3, 0.4) is 0 Å². The predicted octanol–water partition coefficient (Wildman–Crippen LogP) is 2.29. The Morgan fingerprint density at radius 3 is 2.42 bits per heavy atom. The highest BCUT2D eigenvalue weighted by Gasteiger charge is 2.43. The second-order valence-electron chi connectivity index (χ2n) is 3.47. The van der Waals surface area contributed by atoms with Crippen LogP contribution >= 0.6 is 11.6 Å². The van der Waals surface area contributed by atoms with Crippen molar-refractivity contribution in [2.75, 3.05) is 0 Å². The average Bonchev–Trinajstić information content (AvgIpc) is 2.69. The van der Waals surface area contributed by atoms with Gasteiger partial charge in [0.2, 0.25) is 0 Å². The Morgan fingerprint density at radius 2 is 2.08 bits per heavy atom. The number of halogens is 1. The fourth-order valence-electron chi connectivity index (χ4n) is 0.794. The van der Waals surface area contributed by atoms with E-state index in [1.807, 2.05) is 20.8 Å². The van der Waals surface area contributed by atoms with Gasteiger partial charge in [-0.15, -0.1) is 11.6 Å². The number of hydrogen-bond donors (Lipinski definition) is 0. The summed E-state index contributed by atoms with van der Waals surface area (Å²) in [6, 6.07) is 0. The second-order valence-corrected chi connectivity index (χ2v) is 5.87. The van der Waals surface area contributed by atoms with Gasteiger partial charge in [-0.3, -0.25) is 0 Å². The Labute approximate surface area is 81.0 Å². The summed E-state index contributed by atoms with van der Waals surface area (Å²) in [4.78, 5) is -0.245. The smallest absolute Gasteiger partial charge is 0.141 e. The van der Waals surface area contributed by atoms with E-state index >= 15 is 0 Å². The molecule has 1 unspecified atom stereocenters. The lowest BCUT2D eigenvalue weighted by Crippen LogP contribution is -2.14. The molecule has 0 saturated heterocycles. The third-order valence-electron chi connectivity index (χ3n) is 1.97. The Kier molecular flexibility index (Phi) is 2.94. The molecule has 0 N–H and O–H groups in total. The van der Waals surface area contributed by atoms with Gasteiger partial charge in [0, 0.05) is 5.71 Å². The molecule has 12 heavy (non-hydrogen) atoms. The zero-order chi connectivity index (χ0) is 9.35. The van der Waals surface area contributed by atoms with Crippen LogP contribution in [-0.4, -0.2) is 20.0 Å². The van der Waals surface area contributed by atoms with Crippen LogP contribution in [0.25, 0.3) is 0 Å². The van der Waals surface area contributed by atoms with Crippen molar-refractivity contribution in [2.45, 2.75) is 43.7 Å². The molecule has 0 bridgehead atoms. The molecule has 1 atom stereocenters. The van der Waals surface area contributed by atoms with Gasteiger partial charge in [0.1, 0.15) is 11.0 Å². The van der Waals surface area contributed by atoms with Crippen LogP contribution in [0, 0.1) is 0 Å². The van der Waals surface area contributed by atoms with Crippen LogP contribution in [0.2, 0.25) is 0 Å². The molecule has 1 saturated carbocycles. The molecule has 1 aliphatic rings. The SMILES string of the molecule is C/C(=N\S(=O)C(C)C)C1(Cl)CC1. The minimum atomic E-state index is -1.10. The minimum absolute atomic E-state index is 0.0824. The van der Waals surface area contributed by atoms with Gasteiger partial charge in [-0.1, -0.05) is 0 Å². The summed E-state index contributed by atoms with van der Waals surface area (Å²) in [5, 5.41) is 0.0824. The molecule has 1 fully saturated rings. The van der Waals surface area contributed by atoms with Crippen molar-refractivity contribution in [1.82, 2.24) is 0 Å². The maximum atomic E-state index is 11.3. The van der Waals surface area contributed by atoms with E-state index in [2.05, 4.69) is 4.40 Å². The lowest BCUT2D eigenvalue weighted by molar-refractivity contribution is 0.678. The molecule has 0 aliphatic heterocycles. The molecule has 0 heterocycles. The monoisotopic (exact) mass is 207 g/mol. The van der Waals surface area contributed by atoms with Crippen LogP contribution in [-0.2, 0) is 11.0 Å². The first-order valence-corrected chi connectivity index (χ1v) is 5.66. The van der Waals surface area contributed by atoms with Gasteiger partial charge in [-0.05, 0) is 33.6 Å². The third-order valence-corrected chi connectivity index (χ3v) is 3.88. The Bertz CT molecular complexity index is 233. The van der Waals surface area contributed by atoms with Gasteiger partial charge in [0.05, 0.1) is 10.1 Å². The van der Waals surface area contributed by atoms with Crippen LogP contribution in [0.1, 0.15) is 33.6 Å². The van der Waals surface area contributed by atoms with Crippen molar-refractivity contribution in [3.05, 3.63) is 0 Å². The van der Waals surface area contributed by atoms with Crippen LogP contribution in [0.5, 0.6) is 0 Å². The molecular formula is C8H14ClNOS. The lowest BCUT2D eigenvalue weighted by Gasteiger charge is -2.05. The highest BCUT2D eigenvalue weighted by atomic mass is 35.5. The Morgan fingerprint density at radius 1 is 1.58 bits per heavy atom. The second kappa shape index (κ2) is 3.46. The molecule has 0 aromatic heterocycles. The third kappa shape index (κ3) is 2.30. The van der Waals surface area contributed by atoms with E-state index in [0.29, 0.717) is 0 Å². The largest absolute Gasteiger partial charge is 0.235 e. The van der Waals surface area contributed by atoms with Gasteiger partial charge in [-0.2, -0.15) is 4.40 Å². The number of hydrogen-bond acceptors (Lipinski definition) is 1. The van der Waals surface area contributed by atoms with Crippen molar-refractivity contribution < 1.29 is 4.21 Å². The van der Waals surface area contributed by atoms with E-state index in [4.69, 9.17) is 11.6 Å². The minimum Gasteiger partial charge on any atom is -0.235 e. The first-order valence-electron chi connectivity index (χ1n) is 4.11. The quantitative estimate of drug-likeness (QED) is 0.516. The van der Waals surface area contributed by atoms with Crippen molar-refractivity contribution in [2.24, 2.45) is 4.40 Å². The van der Waals surface area contributed by atoms with Gasteiger partial charge in [0.25, 0.3) is 0 Å². The van der Waals surface area contributed by atoms with Crippen LogP contribution < -0.4 is 0 Å². The molecule has 0 amide bonds. The van der Waals surface area contributed by atoms with E-state index in [1.165, 1.54) is 0 Å². The molecule has 1 rings (SSSR count). The van der Waals surface area contributed by atoms with Crippen LogP contribution in [0.4, 0.5) is 0 Å². The highest BCUT2D eigenvalue weighted by Crippen LogP contribution is 2.43. The van der Waals surface area contributed by atoms with Crippen molar-refractivity contribution in [1.29, 1.82) is 0 Å². The van der Waals surface area contributed by atoms with Crippen molar-refractivity contribution in [3.8, 4) is 0 Å². The zero-order valence-electron chi connectivity index (χ0n) is 7.63. The van der Waals surface area contributed by atoms with E-state index in [9.17, 15) is 4.21 Å². The van der Waals surface area contributed by atoms with E-state index < -0.39 is 11.0 Å². The Balaban J connectivity index is 2.62. The number of alkyl halides is 1. The molecular weight excluding hydrogens is 194 g/mol. The van der Waals surface area contributed by atoms with E-state index in [0.717, 1.165) is 18.6 Å². The topological polar surface area (TPSA) is 29.4 Å². The standard InChI is InChI=1S/C8H14ClNOS/c1-6(2)12(11)10-7(3)8(9)4-5-8/h6H,4-5H2,1-3H3/b10-7+. The normalized spacial score (nSPS) is 24.2. The fourth-order valence-corrected chi connectivity index (χ4v) is 1.64. The van der Waals surface area contributed by atoms with Gasteiger partial charge in [0.15, 0.2) is 0 Å². The maximum absolute atomic E-state index is 11.3. The van der Waals surface area contributed by atoms with Gasteiger partial charge >= 0.3 is 0 Å². The zero-order valence-corrected chi connectivity index (χ0v) is 9.21. The Hall–Kier alpha value is 0.110. The average molecular weight is 208 g/mol. The molecule has 0 spiro atoms. The summed E-state index contributed by atoms with van der Waals surface area (Å²) in [5.41, 5.74) is 0.830. The summed E-state index contributed by atoms with van der Waals surface area (Å²) < 4.78 is 15.4. The van der Waals surface area contributed by atoms with Gasteiger partial charge in [-0.25, -0.2) is 4.21 Å². The number of rotatable bonds is 3. The summed E-state index contributed by atoms with van der Waals surface area (Å²) >= 11 is 6.08. The first kappa shape index (κ1) is 10.2.